The van der Waals surface area contributed by atoms with E-state index in [0.717, 1.165) is 11.3 Å². The Morgan fingerprint density at radius 2 is 1.89 bits per heavy atom. The van der Waals surface area contributed by atoms with E-state index in [-0.39, 0.29) is 5.91 Å². The number of anilines is 4. The van der Waals surface area contributed by atoms with E-state index in [0.29, 0.717) is 52.5 Å². The highest BCUT2D eigenvalue weighted by molar-refractivity contribution is 6.00. The molecule has 0 bridgehead atoms. The zero-order chi connectivity index (χ0) is 24.9. The molecule has 35 heavy (non-hydrogen) atoms. The second kappa shape index (κ2) is 10.2. The molecule has 3 aromatic heterocycles. The summed E-state index contributed by atoms with van der Waals surface area (Å²) in [7, 11) is 3.17. The molecule has 0 spiro atoms. The van der Waals surface area contributed by atoms with Crippen LogP contribution < -0.4 is 20.7 Å². The lowest BCUT2D eigenvalue weighted by Crippen LogP contribution is -2.19. The Labute approximate surface area is 203 Å². The van der Waals surface area contributed by atoms with Gasteiger partial charge >= 0.3 is 0 Å². The van der Waals surface area contributed by atoms with Crippen molar-refractivity contribution in [3.8, 4) is 17.1 Å². The molecule has 180 valence electrons. The lowest BCUT2D eigenvalue weighted by atomic mass is 10.1. The third-order valence-corrected chi connectivity index (χ3v) is 5.24. The Morgan fingerprint density at radius 1 is 1.06 bits per heavy atom. The van der Waals surface area contributed by atoms with Crippen LogP contribution in [0.3, 0.4) is 0 Å². The fourth-order valence-electron chi connectivity index (χ4n) is 3.74. The molecule has 1 aromatic carbocycles. The Bertz CT molecular complexity index is 1350. The summed E-state index contributed by atoms with van der Waals surface area (Å²) in [5.41, 5.74) is 3.18. The van der Waals surface area contributed by atoms with Crippen molar-refractivity contribution in [2.45, 2.75) is 27.3 Å². The highest BCUT2D eigenvalue weighted by Gasteiger charge is 2.18. The molecule has 0 unspecified atom stereocenters. The Balaban J connectivity index is 1.75. The second-order valence-electron chi connectivity index (χ2n) is 7.67. The molecule has 0 saturated carbocycles. The predicted molar refractivity (Wildman–Crippen MR) is 133 cm³/mol. The standard InChI is InChI=1S/C24H27N9O2/c1-6-33-23(27-13-28-33)16-8-7-9-18(22(16)35-5)31-19-11-20(26-12-17(19)24(34)25-4)32-21-10-14(2)29-15(3)30-21/h7-13H,6H2,1-5H3,(H,25,34)(H2,26,29,30,31,32). The summed E-state index contributed by atoms with van der Waals surface area (Å²) >= 11 is 0. The number of hydrogen-bond donors (Lipinski definition) is 3. The SMILES string of the molecule is CCn1ncnc1-c1cccc(Nc2cc(Nc3cc(C)nc(C)n3)ncc2C(=O)NC)c1OC. The number of aromatic nitrogens is 6. The number of rotatable bonds is 8. The number of carbonyl (C=O) groups excluding carboxylic acids is 1. The number of ether oxygens (including phenoxy) is 1. The maximum Gasteiger partial charge on any atom is 0.254 e. The van der Waals surface area contributed by atoms with E-state index in [9.17, 15) is 4.79 Å². The molecule has 0 aliphatic carbocycles. The molecule has 4 aromatic rings. The number of para-hydroxylation sites is 1. The van der Waals surface area contributed by atoms with Crippen molar-refractivity contribution in [3.05, 3.63) is 59.9 Å². The monoisotopic (exact) mass is 473 g/mol. The van der Waals surface area contributed by atoms with Crippen molar-refractivity contribution in [3.63, 3.8) is 0 Å². The molecule has 0 aliphatic rings. The van der Waals surface area contributed by atoms with E-state index < -0.39 is 0 Å². The quantitative estimate of drug-likeness (QED) is 0.351. The molecule has 0 fully saturated rings. The minimum absolute atomic E-state index is 0.277. The lowest BCUT2D eigenvalue weighted by Gasteiger charge is -2.17. The van der Waals surface area contributed by atoms with E-state index in [1.807, 2.05) is 45.0 Å². The molecule has 0 aliphatic heterocycles. The summed E-state index contributed by atoms with van der Waals surface area (Å²) in [6, 6.07) is 9.25. The van der Waals surface area contributed by atoms with Crippen LogP contribution in [-0.2, 0) is 6.54 Å². The van der Waals surface area contributed by atoms with E-state index in [1.165, 1.54) is 12.5 Å². The third-order valence-electron chi connectivity index (χ3n) is 5.24. The van der Waals surface area contributed by atoms with E-state index in [2.05, 4.69) is 41.0 Å². The topological polar surface area (TPSA) is 132 Å². The third kappa shape index (κ3) is 5.03. The Kier molecular flexibility index (Phi) is 6.86. The van der Waals surface area contributed by atoms with Crippen molar-refractivity contribution >= 4 is 28.9 Å². The Hall–Kier alpha value is -4.54. The van der Waals surface area contributed by atoms with Crippen LogP contribution in [0.4, 0.5) is 23.0 Å². The first kappa shape index (κ1) is 23.6. The largest absolute Gasteiger partial charge is 0.494 e. The zero-order valence-corrected chi connectivity index (χ0v) is 20.2. The molecular weight excluding hydrogens is 446 g/mol. The van der Waals surface area contributed by atoms with Crippen LogP contribution in [0.5, 0.6) is 5.75 Å². The van der Waals surface area contributed by atoms with Gasteiger partial charge in [0.15, 0.2) is 11.6 Å². The van der Waals surface area contributed by atoms with Gasteiger partial charge in [-0.05, 0) is 32.9 Å². The minimum atomic E-state index is -0.277. The van der Waals surface area contributed by atoms with Crippen LogP contribution in [-0.4, -0.2) is 49.8 Å². The highest BCUT2D eigenvalue weighted by atomic mass is 16.5. The van der Waals surface area contributed by atoms with Gasteiger partial charge in [0.2, 0.25) is 0 Å². The van der Waals surface area contributed by atoms with Gasteiger partial charge in [0.25, 0.3) is 5.91 Å². The minimum Gasteiger partial charge on any atom is -0.494 e. The molecule has 0 atom stereocenters. The summed E-state index contributed by atoms with van der Waals surface area (Å²) in [5.74, 6) is 2.76. The summed E-state index contributed by atoms with van der Waals surface area (Å²) < 4.78 is 7.55. The molecule has 3 N–H and O–H groups in total. The molecule has 11 nitrogen and oxygen atoms in total. The van der Waals surface area contributed by atoms with Gasteiger partial charge in [-0.2, -0.15) is 5.10 Å². The second-order valence-corrected chi connectivity index (χ2v) is 7.67. The fourth-order valence-corrected chi connectivity index (χ4v) is 3.74. The molecule has 1 amide bonds. The number of carbonyl (C=O) groups is 1. The van der Waals surface area contributed by atoms with Crippen molar-refractivity contribution in [1.29, 1.82) is 0 Å². The van der Waals surface area contributed by atoms with E-state index in [4.69, 9.17) is 4.74 Å². The Morgan fingerprint density at radius 3 is 2.60 bits per heavy atom. The van der Waals surface area contributed by atoms with Crippen LogP contribution in [0.25, 0.3) is 11.4 Å². The van der Waals surface area contributed by atoms with Crippen LogP contribution in [0.1, 0.15) is 28.8 Å². The molecule has 11 heteroatoms. The summed E-state index contributed by atoms with van der Waals surface area (Å²) in [5, 5.41) is 13.4. The number of benzene rings is 1. The van der Waals surface area contributed by atoms with Gasteiger partial charge in [0.1, 0.15) is 23.8 Å². The number of amides is 1. The number of nitrogens with one attached hydrogen (secondary N) is 3. The van der Waals surface area contributed by atoms with Gasteiger partial charge in [-0.1, -0.05) is 6.07 Å². The van der Waals surface area contributed by atoms with Crippen LogP contribution in [0, 0.1) is 13.8 Å². The fraction of sp³-hybridized carbons (Fsp3) is 0.250. The van der Waals surface area contributed by atoms with Gasteiger partial charge in [-0.25, -0.2) is 24.6 Å². The number of methoxy groups -OCH3 is 1. The van der Waals surface area contributed by atoms with Gasteiger partial charge in [-0.3, -0.25) is 4.79 Å². The maximum atomic E-state index is 12.6. The van der Waals surface area contributed by atoms with Crippen LogP contribution in [0.15, 0.2) is 42.9 Å². The van der Waals surface area contributed by atoms with E-state index in [1.54, 1.807) is 24.9 Å². The first-order valence-electron chi connectivity index (χ1n) is 11.1. The summed E-state index contributed by atoms with van der Waals surface area (Å²) in [4.78, 5) is 30.1. The number of hydrogen-bond acceptors (Lipinski definition) is 9. The number of nitrogens with zero attached hydrogens (tertiary/aromatic N) is 6. The smallest absolute Gasteiger partial charge is 0.254 e. The molecule has 0 saturated heterocycles. The lowest BCUT2D eigenvalue weighted by molar-refractivity contribution is 0.0963. The first-order valence-corrected chi connectivity index (χ1v) is 11.1. The van der Waals surface area contributed by atoms with E-state index >= 15 is 0 Å². The van der Waals surface area contributed by atoms with Crippen molar-refractivity contribution in [1.82, 2.24) is 35.0 Å². The van der Waals surface area contributed by atoms with Gasteiger partial charge in [0.05, 0.1) is 29.6 Å². The predicted octanol–water partition coefficient (Wildman–Crippen LogP) is 3.62. The number of aryl methyl sites for hydroxylation is 3. The average molecular weight is 474 g/mol. The van der Waals surface area contributed by atoms with Crippen molar-refractivity contribution in [2.24, 2.45) is 0 Å². The van der Waals surface area contributed by atoms with Crippen LogP contribution >= 0.6 is 0 Å². The van der Waals surface area contributed by atoms with Crippen LogP contribution in [0.2, 0.25) is 0 Å². The normalized spacial score (nSPS) is 10.7. The van der Waals surface area contributed by atoms with Crippen molar-refractivity contribution in [2.75, 3.05) is 24.8 Å². The highest BCUT2D eigenvalue weighted by Crippen LogP contribution is 2.38. The van der Waals surface area contributed by atoms with Gasteiger partial charge < -0.3 is 20.7 Å². The van der Waals surface area contributed by atoms with Crippen molar-refractivity contribution < 1.29 is 9.53 Å². The average Bonchev–Trinajstić information content (AvgIpc) is 3.32. The molecular formula is C24H27N9O2. The summed E-state index contributed by atoms with van der Waals surface area (Å²) in [6.45, 7) is 6.38. The number of pyridine rings is 1. The molecule has 3 heterocycles. The van der Waals surface area contributed by atoms with Gasteiger partial charge in [-0.15, -0.1) is 0 Å². The maximum absolute atomic E-state index is 12.6. The zero-order valence-electron chi connectivity index (χ0n) is 20.2. The first-order chi connectivity index (χ1) is 16.9. The molecule has 4 rings (SSSR count). The summed E-state index contributed by atoms with van der Waals surface area (Å²) in [6.07, 6.45) is 3.02. The molecule has 0 radical (unpaired) electrons. The van der Waals surface area contributed by atoms with Gasteiger partial charge in [0, 0.05) is 37.6 Å².